The Labute approximate surface area is 178 Å². The third-order valence-corrected chi connectivity index (χ3v) is 6.03. The summed E-state index contributed by atoms with van der Waals surface area (Å²) in [6.45, 7) is 0.480. The number of aromatic nitrogens is 1. The Morgan fingerprint density at radius 2 is 2.06 bits per heavy atom. The predicted octanol–water partition coefficient (Wildman–Crippen LogP) is 3.39. The monoisotopic (exact) mass is 420 g/mol. The molecule has 1 amide bonds. The topological polar surface area (TPSA) is 87.5 Å². The van der Waals surface area contributed by atoms with Crippen molar-refractivity contribution in [2.24, 2.45) is 5.92 Å². The van der Waals surface area contributed by atoms with Crippen LogP contribution >= 0.6 is 0 Å². The minimum Gasteiger partial charge on any atom is -0.439 e. The molecule has 2 aromatic carbocycles. The van der Waals surface area contributed by atoms with Gasteiger partial charge in [-0.3, -0.25) is 15.1 Å². The Morgan fingerprint density at radius 1 is 1.26 bits per heavy atom. The molecule has 0 aliphatic carbocycles. The van der Waals surface area contributed by atoms with E-state index in [4.69, 9.17) is 14.9 Å². The van der Waals surface area contributed by atoms with Gasteiger partial charge in [0.15, 0.2) is 5.96 Å². The van der Waals surface area contributed by atoms with Crippen molar-refractivity contribution in [3.05, 3.63) is 66.1 Å². The van der Waals surface area contributed by atoms with E-state index in [9.17, 15) is 4.79 Å². The number of carbonyl (C=O) groups excluding carboxylic acids is 1. The molecule has 2 N–H and O–H groups in total. The van der Waals surface area contributed by atoms with Crippen LogP contribution in [0.15, 0.2) is 54.7 Å². The number of rotatable bonds is 3. The van der Waals surface area contributed by atoms with Gasteiger partial charge < -0.3 is 14.8 Å². The lowest BCUT2D eigenvalue weighted by Gasteiger charge is -2.49. The molecule has 1 unspecified atom stereocenters. The lowest BCUT2D eigenvalue weighted by atomic mass is 9.73. The van der Waals surface area contributed by atoms with Crippen LogP contribution in [0.1, 0.15) is 12.0 Å². The van der Waals surface area contributed by atoms with Gasteiger partial charge in [0, 0.05) is 36.9 Å². The lowest BCUT2D eigenvalue weighted by molar-refractivity contribution is -0.143. The van der Waals surface area contributed by atoms with Crippen molar-refractivity contribution in [1.82, 2.24) is 15.2 Å². The quantitative estimate of drug-likeness (QED) is 0.678. The van der Waals surface area contributed by atoms with Crippen molar-refractivity contribution in [2.75, 3.05) is 20.3 Å². The van der Waals surface area contributed by atoms with Gasteiger partial charge in [0.05, 0.1) is 12.5 Å². The molecule has 2 aliphatic rings. The molecule has 5 rings (SSSR count). The minimum absolute atomic E-state index is 0.0776. The zero-order valence-corrected chi connectivity index (χ0v) is 16.9. The SMILES string of the molecule is CN1C(=N)N[C@@]2(c3cc(Oc4cc5ccccc5cn4)ccc3F)COCCC2C1=O. The highest BCUT2D eigenvalue weighted by atomic mass is 19.1. The summed E-state index contributed by atoms with van der Waals surface area (Å²) in [6.07, 6.45) is 2.15. The number of carbonyl (C=O) groups is 1. The van der Waals surface area contributed by atoms with Crippen LogP contribution in [0.3, 0.4) is 0 Å². The molecule has 2 aliphatic heterocycles. The van der Waals surface area contributed by atoms with E-state index in [1.54, 1.807) is 19.3 Å². The molecule has 2 atom stereocenters. The summed E-state index contributed by atoms with van der Waals surface area (Å²) in [6, 6.07) is 14.0. The van der Waals surface area contributed by atoms with Gasteiger partial charge in [-0.05, 0) is 30.0 Å². The highest BCUT2D eigenvalue weighted by molar-refractivity contribution is 6.00. The molecule has 3 heterocycles. The highest BCUT2D eigenvalue weighted by Gasteiger charge is 2.53. The van der Waals surface area contributed by atoms with E-state index in [2.05, 4.69) is 10.3 Å². The van der Waals surface area contributed by atoms with Crippen LogP contribution in [0.4, 0.5) is 4.39 Å². The molecule has 1 aromatic heterocycles. The van der Waals surface area contributed by atoms with Gasteiger partial charge >= 0.3 is 0 Å². The van der Waals surface area contributed by atoms with Crippen LogP contribution in [0.25, 0.3) is 10.8 Å². The fourth-order valence-electron chi connectivity index (χ4n) is 4.36. The molecule has 0 saturated carbocycles. The maximum atomic E-state index is 15.1. The van der Waals surface area contributed by atoms with Gasteiger partial charge in [-0.15, -0.1) is 0 Å². The second-order valence-electron chi connectivity index (χ2n) is 7.85. The molecular weight excluding hydrogens is 399 g/mol. The predicted molar refractivity (Wildman–Crippen MR) is 112 cm³/mol. The van der Waals surface area contributed by atoms with Crippen molar-refractivity contribution in [3.8, 4) is 11.6 Å². The fourth-order valence-corrected chi connectivity index (χ4v) is 4.36. The number of benzene rings is 2. The van der Waals surface area contributed by atoms with Crippen LogP contribution < -0.4 is 10.1 Å². The van der Waals surface area contributed by atoms with E-state index in [-0.39, 0.29) is 24.0 Å². The summed E-state index contributed by atoms with van der Waals surface area (Å²) in [5.41, 5.74) is -0.930. The summed E-state index contributed by atoms with van der Waals surface area (Å²) < 4.78 is 26.6. The number of hydrogen-bond acceptors (Lipinski definition) is 5. The van der Waals surface area contributed by atoms with Gasteiger partial charge in [-0.2, -0.15) is 0 Å². The van der Waals surface area contributed by atoms with Gasteiger partial charge in [0.25, 0.3) is 0 Å². The zero-order valence-electron chi connectivity index (χ0n) is 16.9. The number of fused-ring (bicyclic) bond motifs is 2. The number of guanidine groups is 1. The van der Waals surface area contributed by atoms with Crippen LogP contribution in [-0.4, -0.2) is 42.0 Å². The first-order valence-electron chi connectivity index (χ1n) is 10.0. The van der Waals surface area contributed by atoms with E-state index >= 15 is 4.39 Å². The number of nitrogens with zero attached hydrogens (tertiary/aromatic N) is 2. The average Bonchev–Trinajstić information content (AvgIpc) is 2.79. The maximum Gasteiger partial charge on any atom is 0.235 e. The standard InChI is InChI=1S/C23H21FN4O3/c1-28-21(29)17-8-9-30-13-23(17,27-22(28)25)18-11-16(6-7-19(18)24)31-20-10-14-4-2-3-5-15(14)12-26-20/h2-7,10-12,17H,8-9,13H2,1H3,(H2,25,27)/t17?,23-/m0/s1. The summed E-state index contributed by atoms with van der Waals surface area (Å²) in [4.78, 5) is 18.5. The van der Waals surface area contributed by atoms with Gasteiger partial charge in [0.1, 0.15) is 17.1 Å². The second kappa shape index (κ2) is 7.31. The Hall–Kier alpha value is -3.52. The summed E-state index contributed by atoms with van der Waals surface area (Å²) >= 11 is 0. The molecule has 0 bridgehead atoms. The smallest absolute Gasteiger partial charge is 0.235 e. The Morgan fingerprint density at radius 3 is 2.90 bits per heavy atom. The summed E-state index contributed by atoms with van der Waals surface area (Å²) in [7, 11) is 1.54. The average molecular weight is 420 g/mol. The molecule has 2 fully saturated rings. The molecule has 7 nitrogen and oxygen atoms in total. The van der Waals surface area contributed by atoms with Crippen LogP contribution in [0.5, 0.6) is 11.6 Å². The number of ether oxygens (including phenoxy) is 2. The number of hydrogen-bond donors (Lipinski definition) is 2. The molecule has 31 heavy (non-hydrogen) atoms. The van der Waals surface area contributed by atoms with Crippen molar-refractivity contribution in [3.63, 3.8) is 0 Å². The van der Waals surface area contributed by atoms with E-state index in [1.165, 1.54) is 17.0 Å². The van der Waals surface area contributed by atoms with E-state index in [1.807, 2.05) is 30.3 Å². The Balaban J connectivity index is 1.54. The third kappa shape index (κ3) is 3.19. The van der Waals surface area contributed by atoms with Gasteiger partial charge in [-0.25, -0.2) is 9.37 Å². The molecule has 158 valence electrons. The fraction of sp³-hybridized carbons (Fsp3) is 0.261. The maximum absolute atomic E-state index is 15.1. The normalized spacial score (nSPS) is 23.4. The number of amides is 1. The second-order valence-corrected chi connectivity index (χ2v) is 7.85. The Bertz CT molecular complexity index is 1200. The molecular formula is C23H21FN4O3. The molecule has 0 spiro atoms. The third-order valence-electron chi connectivity index (χ3n) is 6.03. The lowest BCUT2D eigenvalue weighted by Crippen LogP contribution is -2.68. The molecule has 3 aromatic rings. The molecule has 8 heteroatoms. The summed E-state index contributed by atoms with van der Waals surface area (Å²) in [5, 5.41) is 13.2. The van der Waals surface area contributed by atoms with E-state index in [0.717, 1.165) is 10.8 Å². The number of halogens is 1. The number of pyridine rings is 1. The van der Waals surface area contributed by atoms with Crippen molar-refractivity contribution in [1.29, 1.82) is 5.41 Å². The first kappa shape index (κ1) is 19.4. The highest BCUT2D eigenvalue weighted by Crippen LogP contribution is 2.42. The summed E-state index contributed by atoms with van der Waals surface area (Å²) in [5.74, 6) is -0.596. The first-order valence-corrected chi connectivity index (χ1v) is 10.0. The first-order chi connectivity index (χ1) is 15.0. The molecule has 0 radical (unpaired) electrons. The Kier molecular flexibility index (Phi) is 4.59. The minimum atomic E-state index is -1.17. The number of nitrogens with one attached hydrogen (secondary N) is 2. The van der Waals surface area contributed by atoms with Crippen molar-refractivity contribution in [2.45, 2.75) is 12.0 Å². The van der Waals surface area contributed by atoms with Crippen LogP contribution in [0.2, 0.25) is 0 Å². The van der Waals surface area contributed by atoms with Crippen LogP contribution in [-0.2, 0) is 15.1 Å². The van der Waals surface area contributed by atoms with Crippen LogP contribution in [0, 0.1) is 17.1 Å². The molecule has 2 saturated heterocycles. The van der Waals surface area contributed by atoms with E-state index in [0.29, 0.717) is 24.7 Å². The van der Waals surface area contributed by atoms with E-state index < -0.39 is 17.3 Å². The largest absolute Gasteiger partial charge is 0.439 e. The van der Waals surface area contributed by atoms with Gasteiger partial charge in [0.2, 0.25) is 11.8 Å². The zero-order chi connectivity index (χ0) is 21.6. The van der Waals surface area contributed by atoms with Crippen molar-refractivity contribution >= 4 is 22.6 Å². The van der Waals surface area contributed by atoms with Crippen molar-refractivity contribution < 1.29 is 18.7 Å². The van der Waals surface area contributed by atoms with Gasteiger partial charge in [-0.1, -0.05) is 24.3 Å².